The Kier molecular flexibility index (Phi) is 5.51. The summed E-state index contributed by atoms with van der Waals surface area (Å²) in [5.74, 6) is -0.818. The number of aromatic carboxylic acids is 1. The maximum atomic E-state index is 11.3. The molecular weight excluding hydrogens is 284 g/mol. The van der Waals surface area contributed by atoms with Crippen molar-refractivity contribution >= 4 is 11.9 Å². The lowest BCUT2D eigenvalue weighted by Gasteiger charge is -2.28. The molecule has 7 nitrogen and oxygen atoms in total. The van der Waals surface area contributed by atoms with Crippen molar-refractivity contribution in [2.75, 3.05) is 0 Å². The number of rotatable bonds is 7. The van der Waals surface area contributed by atoms with E-state index in [1.807, 2.05) is 0 Å². The highest BCUT2D eigenvalue weighted by Crippen LogP contribution is 2.38. The number of carbonyl (C=O) groups excluding carboxylic acids is 1. The molecule has 1 aromatic heterocycles. The summed E-state index contributed by atoms with van der Waals surface area (Å²) in [4.78, 5) is 22.5. The molecule has 22 heavy (non-hydrogen) atoms. The van der Waals surface area contributed by atoms with Crippen molar-refractivity contribution in [3.8, 4) is 0 Å². The molecule has 1 aliphatic rings. The molecule has 0 radical (unpaired) electrons. The lowest BCUT2D eigenvalue weighted by molar-refractivity contribution is -0.118. The van der Waals surface area contributed by atoms with Gasteiger partial charge in [-0.2, -0.15) is 0 Å². The number of primary amides is 1. The SMILES string of the molecule is CCCCC1CCC(c2c(C(=O)O)nnn2CC(N)=O)CC1. The minimum atomic E-state index is -1.10. The van der Waals surface area contributed by atoms with Crippen LogP contribution in [0.1, 0.15) is 74.0 Å². The van der Waals surface area contributed by atoms with Gasteiger partial charge in [0.1, 0.15) is 6.54 Å². The van der Waals surface area contributed by atoms with Crippen molar-refractivity contribution in [1.29, 1.82) is 0 Å². The van der Waals surface area contributed by atoms with E-state index in [0.29, 0.717) is 5.69 Å². The summed E-state index contributed by atoms with van der Waals surface area (Å²) < 4.78 is 1.36. The lowest BCUT2D eigenvalue weighted by Crippen LogP contribution is -2.24. The topological polar surface area (TPSA) is 111 Å². The van der Waals surface area contributed by atoms with Crippen LogP contribution >= 0.6 is 0 Å². The predicted octanol–water partition coefficient (Wildman–Crippen LogP) is 1.93. The van der Waals surface area contributed by atoms with Crippen LogP contribution in [-0.2, 0) is 11.3 Å². The Morgan fingerprint density at radius 2 is 2.00 bits per heavy atom. The van der Waals surface area contributed by atoms with E-state index in [4.69, 9.17) is 5.73 Å². The minimum absolute atomic E-state index is 0.0433. The molecule has 0 unspecified atom stereocenters. The number of amides is 1. The van der Waals surface area contributed by atoms with Crippen molar-refractivity contribution in [2.45, 2.75) is 64.3 Å². The quantitative estimate of drug-likeness (QED) is 0.799. The number of nitrogens with two attached hydrogens (primary N) is 1. The molecule has 1 aromatic rings. The zero-order valence-corrected chi connectivity index (χ0v) is 13.0. The molecule has 0 spiro atoms. The molecule has 1 amide bonds. The summed E-state index contributed by atoms with van der Waals surface area (Å²) in [5.41, 5.74) is 5.72. The van der Waals surface area contributed by atoms with E-state index in [2.05, 4.69) is 17.2 Å². The van der Waals surface area contributed by atoms with E-state index in [9.17, 15) is 14.7 Å². The van der Waals surface area contributed by atoms with Crippen LogP contribution in [0.15, 0.2) is 0 Å². The van der Waals surface area contributed by atoms with Gasteiger partial charge in [0.25, 0.3) is 0 Å². The van der Waals surface area contributed by atoms with Crippen LogP contribution in [0.4, 0.5) is 0 Å². The van der Waals surface area contributed by atoms with Gasteiger partial charge in [-0.3, -0.25) is 4.79 Å². The fraction of sp³-hybridized carbons (Fsp3) is 0.733. The molecule has 0 bridgehead atoms. The summed E-state index contributed by atoms with van der Waals surface area (Å²) in [5, 5.41) is 16.8. The van der Waals surface area contributed by atoms with Gasteiger partial charge < -0.3 is 10.8 Å². The molecule has 0 aliphatic heterocycles. The average Bonchev–Trinajstić information content (AvgIpc) is 2.88. The lowest BCUT2D eigenvalue weighted by atomic mass is 9.78. The van der Waals surface area contributed by atoms with Gasteiger partial charge in [0.2, 0.25) is 5.91 Å². The van der Waals surface area contributed by atoms with Crippen LogP contribution in [0.3, 0.4) is 0 Å². The number of carbonyl (C=O) groups is 2. The Hall–Kier alpha value is -1.92. The highest BCUT2D eigenvalue weighted by atomic mass is 16.4. The standard InChI is InChI=1S/C15H24N4O3/c1-2-3-4-10-5-7-11(8-6-10)14-13(15(21)22)17-18-19(14)9-12(16)20/h10-11H,2-9H2,1H3,(H2,16,20)(H,21,22). The molecule has 0 aromatic carbocycles. The highest BCUT2D eigenvalue weighted by Gasteiger charge is 2.30. The van der Waals surface area contributed by atoms with Crippen LogP contribution in [0.25, 0.3) is 0 Å². The molecule has 0 saturated heterocycles. The Morgan fingerprint density at radius 1 is 1.32 bits per heavy atom. The number of hydrogen-bond acceptors (Lipinski definition) is 4. The van der Waals surface area contributed by atoms with Crippen molar-refractivity contribution in [3.05, 3.63) is 11.4 Å². The van der Waals surface area contributed by atoms with Gasteiger partial charge in [0.15, 0.2) is 5.69 Å². The van der Waals surface area contributed by atoms with E-state index in [1.165, 1.54) is 23.9 Å². The number of carboxylic acids is 1. The number of unbranched alkanes of at least 4 members (excludes halogenated alkanes) is 1. The maximum absolute atomic E-state index is 11.3. The molecule has 122 valence electrons. The summed E-state index contributed by atoms with van der Waals surface area (Å²) in [6.45, 7) is 2.07. The highest BCUT2D eigenvalue weighted by molar-refractivity contribution is 5.86. The zero-order chi connectivity index (χ0) is 16.1. The third kappa shape index (κ3) is 3.84. The number of hydrogen-bond donors (Lipinski definition) is 2. The second-order valence-corrected chi connectivity index (χ2v) is 6.11. The Labute approximate surface area is 129 Å². The largest absolute Gasteiger partial charge is 0.476 e. The van der Waals surface area contributed by atoms with E-state index >= 15 is 0 Å². The molecule has 0 atom stereocenters. The Morgan fingerprint density at radius 3 is 2.55 bits per heavy atom. The summed E-state index contributed by atoms with van der Waals surface area (Å²) in [7, 11) is 0. The first-order chi connectivity index (χ1) is 10.5. The number of nitrogens with zero attached hydrogens (tertiary/aromatic N) is 3. The van der Waals surface area contributed by atoms with E-state index < -0.39 is 11.9 Å². The Bertz CT molecular complexity index is 533. The molecule has 1 heterocycles. The molecule has 2 rings (SSSR count). The van der Waals surface area contributed by atoms with Crippen molar-refractivity contribution in [1.82, 2.24) is 15.0 Å². The Balaban J connectivity index is 2.12. The second-order valence-electron chi connectivity index (χ2n) is 6.11. The fourth-order valence-corrected chi connectivity index (χ4v) is 3.36. The van der Waals surface area contributed by atoms with Crippen molar-refractivity contribution in [2.24, 2.45) is 11.7 Å². The first kappa shape index (κ1) is 16.5. The molecule has 1 fully saturated rings. The van der Waals surface area contributed by atoms with Crippen molar-refractivity contribution in [3.63, 3.8) is 0 Å². The summed E-state index contributed by atoms with van der Waals surface area (Å²) >= 11 is 0. The maximum Gasteiger partial charge on any atom is 0.358 e. The molecule has 1 aliphatic carbocycles. The molecular formula is C15H24N4O3. The smallest absolute Gasteiger partial charge is 0.358 e. The van der Waals surface area contributed by atoms with Gasteiger partial charge in [0, 0.05) is 5.92 Å². The van der Waals surface area contributed by atoms with Gasteiger partial charge in [-0.1, -0.05) is 31.4 Å². The second kappa shape index (κ2) is 7.38. The number of aromatic nitrogens is 3. The minimum Gasteiger partial charge on any atom is -0.476 e. The average molecular weight is 308 g/mol. The molecule has 1 saturated carbocycles. The summed E-state index contributed by atoms with van der Waals surface area (Å²) in [6, 6.07) is 0. The van der Waals surface area contributed by atoms with E-state index in [-0.39, 0.29) is 18.2 Å². The van der Waals surface area contributed by atoms with Gasteiger partial charge >= 0.3 is 5.97 Å². The normalized spacial score (nSPS) is 21.7. The zero-order valence-electron chi connectivity index (χ0n) is 13.0. The van der Waals surface area contributed by atoms with Gasteiger partial charge in [-0.15, -0.1) is 5.10 Å². The molecule has 3 N–H and O–H groups in total. The first-order valence-electron chi connectivity index (χ1n) is 7.97. The van der Waals surface area contributed by atoms with Crippen LogP contribution in [0.2, 0.25) is 0 Å². The van der Waals surface area contributed by atoms with Gasteiger partial charge in [-0.25, -0.2) is 9.48 Å². The van der Waals surface area contributed by atoms with Gasteiger partial charge in [0.05, 0.1) is 5.69 Å². The third-order valence-electron chi connectivity index (χ3n) is 4.48. The van der Waals surface area contributed by atoms with Crippen molar-refractivity contribution < 1.29 is 14.7 Å². The fourth-order valence-electron chi connectivity index (χ4n) is 3.36. The third-order valence-corrected chi connectivity index (χ3v) is 4.48. The van der Waals surface area contributed by atoms with Gasteiger partial charge in [-0.05, 0) is 31.6 Å². The van der Waals surface area contributed by atoms with Crippen LogP contribution < -0.4 is 5.73 Å². The van der Waals surface area contributed by atoms with E-state index in [0.717, 1.165) is 31.6 Å². The molecule has 7 heteroatoms. The predicted molar refractivity (Wildman–Crippen MR) is 80.4 cm³/mol. The number of carboxylic acid groups (broad SMARTS) is 1. The first-order valence-corrected chi connectivity index (χ1v) is 7.97. The summed E-state index contributed by atoms with van der Waals surface area (Å²) in [6.07, 6.45) is 7.71. The monoisotopic (exact) mass is 308 g/mol. The van der Waals surface area contributed by atoms with Crippen LogP contribution in [0, 0.1) is 5.92 Å². The van der Waals surface area contributed by atoms with E-state index in [1.54, 1.807) is 0 Å². The van der Waals surface area contributed by atoms with Crippen LogP contribution in [0.5, 0.6) is 0 Å². The van der Waals surface area contributed by atoms with Crippen LogP contribution in [-0.4, -0.2) is 32.0 Å².